The molecule has 2 aliphatic heterocycles. The number of sulfonamides is 1. The van der Waals surface area contributed by atoms with E-state index in [0.29, 0.717) is 31.1 Å². The van der Waals surface area contributed by atoms with Crippen molar-refractivity contribution in [3.05, 3.63) is 47.3 Å². The molecule has 4 atom stereocenters. The van der Waals surface area contributed by atoms with Gasteiger partial charge in [0.25, 0.3) is 0 Å². The lowest BCUT2D eigenvalue weighted by Crippen LogP contribution is -2.51. The van der Waals surface area contributed by atoms with Crippen molar-refractivity contribution in [1.29, 1.82) is 0 Å². The number of fused-ring (bicyclic) bond motifs is 2. The first-order valence-corrected chi connectivity index (χ1v) is 13.1. The number of nitrogens with two attached hydrogens (primary N) is 1. The molecule has 37 heavy (non-hydrogen) atoms. The number of nitrogens with one attached hydrogen (secondary N) is 1. The fraction of sp³-hybridized carbons (Fsp3) is 0.522. The number of carbonyl (C=O) groups excluding carboxylic acids is 1. The van der Waals surface area contributed by atoms with E-state index in [1.807, 2.05) is 0 Å². The highest BCUT2D eigenvalue weighted by Crippen LogP contribution is 2.41. The summed E-state index contributed by atoms with van der Waals surface area (Å²) in [4.78, 5) is 30.1. The smallest absolute Gasteiger partial charge is 0.328 e. The van der Waals surface area contributed by atoms with E-state index in [1.165, 1.54) is 6.92 Å². The van der Waals surface area contributed by atoms with Gasteiger partial charge in [0.15, 0.2) is 11.6 Å². The fourth-order valence-electron chi connectivity index (χ4n) is 4.72. The number of amides is 1. The highest BCUT2D eigenvalue weighted by atomic mass is 32.2. The summed E-state index contributed by atoms with van der Waals surface area (Å²) in [6, 6.07) is 0.511. The van der Waals surface area contributed by atoms with Gasteiger partial charge in [0.1, 0.15) is 5.82 Å². The molecule has 2 fully saturated rings. The minimum atomic E-state index is -3.51. The Balaban J connectivity index is 0.000000521. The van der Waals surface area contributed by atoms with Gasteiger partial charge >= 0.3 is 11.9 Å². The molecule has 1 unspecified atom stereocenters. The maximum atomic E-state index is 13.9. The molecule has 0 aliphatic carbocycles. The first-order valence-electron chi connectivity index (χ1n) is 11.5. The lowest BCUT2D eigenvalue weighted by atomic mass is 9.83. The van der Waals surface area contributed by atoms with Crippen LogP contribution in [0, 0.1) is 23.4 Å². The SMILES string of the molecule is CC(=O)NCCS(=O)(=O)N1[C@@H]2CC[C@H]1CC([C@H](N)Cc1cc(F)c(F)cc1F)C2.O=C(O)/C=C\C(=O)O. The zero-order chi connectivity index (χ0) is 27.9. The highest BCUT2D eigenvalue weighted by molar-refractivity contribution is 7.89. The van der Waals surface area contributed by atoms with Gasteiger partial charge in [-0.2, -0.15) is 4.31 Å². The van der Waals surface area contributed by atoms with E-state index in [2.05, 4.69) is 5.32 Å². The van der Waals surface area contributed by atoms with E-state index in [1.54, 1.807) is 4.31 Å². The van der Waals surface area contributed by atoms with E-state index in [0.717, 1.165) is 18.9 Å². The van der Waals surface area contributed by atoms with Crippen molar-refractivity contribution in [3.63, 3.8) is 0 Å². The predicted molar refractivity (Wildman–Crippen MR) is 126 cm³/mol. The van der Waals surface area contributed by atoms with Crippen LogP contribution >= 0.6 is 0 Å². The van der Waals surface area contributed by atoms with Crippen LogP contribution < -0.4 is 11.1 Å². The number of carbonyl (C=O) groups is 3. The largest absolute Gasteiger partial charge is 0.478 e. The summed E-state index contributed by atoms with van der Waals surface area (Å²) in [6.45, 7) is 1.39. The Hall–Kier alpha value is -2.97. The number of benzene rings is 1. The molecular weight excluding hydrogens is 519 g/mol. The molecule has 0 spiro atoms. The third-order valence-corrected chi connectivity index (χ3v) is 8.24. The number of nitrogens with zero attached hydrogens (tertiary/aromatic N) is 1. The summed E-state index contributed by atoms with van der Waals surface area (Å²) in [5.74, 6) is -6.18. The molecule has 2 heterocycles. The molecule has 5 N–H and O–H groups in total. The lowest BCUT2D eigenvalue weighted by molar-refractivity contribution is -0.134. The van der Waals surface area contributed by atoms with Crippen molar-refractivity contribution >= 4 is 27.9 Å². The first-order chi connectivity index (χ1) is 17.2. The second-order valence-electron chi connectivity index (χ2n) is 8.98. The van der Waals surface area contributed by atoms with E-state index in [9.17, 15) is 36.0 Å². The van der Waals surface area contributed by atoms with Crippen molar-refractivity contribution < 1.29 is 46.2 Å². The molecule has 0 radical (unpaired) electrons. The minimum absolute atomic E-state index is 0.0223. The van der Waals surface area contributed by atoms with Gasteiger partial charge in [-0.15, -0.1) is 0 Å². The quantitative estimate of drug-likeness (QED) is 0.265. The average molecular weight is 550 g/mol. The molecule has 10 nitrogen and oxygen atoms in total. The number of rotatable bonds is 9. The molecule has 0 saturated carbocycles. The van der Waals surface area contributed by atoms with Gasteiger partial charge in [0.05, 0.1) is 5.75 Å². The maximum Gasteiger partial charge on any atom is 0.328 e. The molecule has 1 aromatic rings. The normalized spacial score (nSPS) is 22.2. The summed E-state index contributed by atoms with van der Waals surface area (Å²) < 4.78 is 67.5. The van der Waals surface area contributed by atoms with Crippen LogP contribution in [0.1, 0.15) is 38.2 Å². The first kappa shape index (κ1) is 30.3. The molecule has 206 valence electrons. The van der Waals surface area contributed by atoms with Gasteiger partial charge in [0.2, 0.25) is 15.9 Å². The van der Waals surface area contributed by atoms with Gasteiger partial charge < -0.3 is 21.3 Å². The molecule has 2 saturated heterocycles. The van der Waals surface area contributed by atoms with Crippen molar-refractivity contribution in [2.75, 3.05) is 12.3 Å². The second kappa shape index (κ2) is 13.0. The van der Waals surface area contributed by atoms with E-state index in [-0.39, 0.29) is 48.2 Å². The number of hydrogen-bond acceptors (Lipinski definition) is 6. The van der Waals surface area contributed by atoms with Gasteiger partial charge in [0, 0.05) is 49.8 Å². The summed E-state index contributed by atoms with van der Waals surface area (Å²) >= 11 is 0. The Kier molecular flexibility index (Phi) is 10.6. The molecule has 2 aliphatic rings. The third-order valence-electron chi connectivity index (χ3n) is 6.28. The Morgan fingerprint density at radius 1 is 1.05 bits per heavy atom. The van der Waals surface area contributed by atoms with Gasteiger partial charge in [-0.25, -0.2) is 31.2 Å². The van der Waals surface area contributed by atoms with Crippen molar-refractivity contribution in [2.24, 2.45) is 11.7 Å². The Bertz CT molecular complexity index is 1120. The molecule has 1 amide bonds. The highest BCUT2D eigenvalue weighted by Gasteiger charge is 2.47. The minimum Gasteiger partial charge on any atom is -0.478 e. The molecule has 3 rings (SSSR count). The summed E-state index contributed by atoms with van der Waals surface area (Å²) in [6.07, 6.45) is 3.72. The van der Waals surface area contributed by atoms with Gasteiger partial charge in [-0.3, -0.25) is 4.79 Å². The van der Waals surface area contributed by atoms with Crippen LogP contribution in [0.5, 0.6) is 0 Å². The zero-order valence-corrected chi connectivity index (χ0v) is 20.9. The van der Waals surface area contributed by atoms with E-state index >= 15 is 0 Å². The molecule has 14 heteroatoms. The van der Waals surface area contributed by atoms with Crippen molar-refractivity contribution in [1.82, 2.24) is 9.62 Å². The monoisotopic (exact) mass is 549 g/mol. The number of halogens is 3. The average Bonchev–Trinajstić information content (AvgIpc) is 3.07. The van der Waals surface area contributed by atoms with Crippen LogP contribution in [0.25, 0.3) is 0 Å². The van der Waals surface area contributed by atoms with Crippen LogP contribution in [0.15, 0.2) is 24.3 Å². The Labute approximate surface area is 212 Å². The third kappa shape index (κ3) is 8.83. The molecule has 0 aromatic heterocycles. The number of piperidine rings is 1. The number of carboxylic acids is 2. The zero-order valence-electron chi connectivity index (χ0n) is 20.1. The Morgan fingerprint density at radius 3 is 2.05 bits per heavy atom. The predicted octanol–water partition coefficient (Wildman–Crippen LogP) is 1.39. The summed E-state index contributed by atoms with van der Waals surface area (Å²) in [5.41, 5.74) is 6.28. The van der Waals surface area contributed by atoms with Crippen LogP contribution in [-0.4, -0.2) is 71.2 Å². The second-order valence-corrected chi connectivity index (χ2v) is 11.0. The number of hydrogen-bond donors (Lipinski definition) is 4. The van der Waals surface area contributed by atoms with Crippen LogP contribution in [-0.2, 0) is 30.8 Å². The van der Waals surface area contributed by atoms with Gasteiger partial charge in [-0.05, 0) is 49.7 Å². The van der Waals surface area contributed by atoms with Crippen molar-refractivity contribution in [3.8, 4) is 0 Å². The topological polar surface area (TPSA) is 167 Å². The summed E-state index contributed by atoms with van der Waals surface area (Å²) in [7, 11) is -3.51. The Morgan fingerprint density at radius 2 is 1.57 bits per heavy atom. The van der Waals surface area contributed by atoms with Crippen LogP contribution in [0.3, 0.4) is 0 Å². The number of aliphatic carboxylic acids is 2. The van der Waals surface area contributed by atoms with Crippen molar-refractivity contribution in [2.45, 2.75) is 57.2 Å². The number of carboxylic acid groups (broad SMARTS) is 2. The lowest BCUT2D eigenvalue weighted by Gasteiger charge is -2.40. The maximum absolute atomic E-state index is 13.9. The molecule has 1 aromatic carbocycles. The van der Waals surface area contributed by atoms with Crippen LogP contribution in [0.2, 0.25) is 0 Å². The fourth-order valence-corrected chi connectivity index (χ4v) is 6.59. The summed E-state index contributed by atoms with van der Waals surface area (Å²) in [5, 5.41) is 18.1. The van der Waals surface area contributed by atoms with E-state index < -0.39 is 45.5 Å². The molecule has 2 bridgehead atoms. The van der Waals surface area contributed by atoms with Crippen LogP contribution in [0.4, 0.5) is 13.2 Å². The standard InChI is InChI=1S/C19H26F3N3O3S.C4H4O4/c1-11(26)24-4-5-29(27,28)25-14-2-3-15(25)7-13(6-14)19(23)9-12-8-17(21)18(22)10-16(12)20;5-3(6)1-2-4(7)8/h8,10,13-15,19H,2-7,9,23H2,1H3,(H,24,26);1-2H,(H,5,6)(H,7,8)/b;2-1-/t13?,14-,15+,19-;/m1./s1. The van der Waals surface area contributed by atoms with E-state index in [4.69, 9.17) is 15.9 Å². The molecular formula is C23H30F3N3O7S. The van der Waals surface area contributed by atoms with Gasteiger partial charge in [-0.1, -0.05) is 0 Å².